The van der Waals surface area contributed by atoms with Gasteiger partial charge < -0.3 is 4.74 Å². The molecule has 2 fully saturated rings. The Bertz CT molecular complexity index is 455. The van der Waals surface area contributed by atoms with Gasteiger partial charge in [0.05, 0.1) is 5.76 Å². The zero-order chi connectivity index (χ0) is 18.9. The lowest BCUT2D eigenvalue weighted by atomic mass is 9.56. The van der Waals surface area contributed by atoms with E-state index in [4.69, 9.17) is 4.74 Å². The van der Waals surface area contributed by atoms with Crippen molar-refractivity contribution < 1.29 is 4.74 Å². The van der Waals surface area contributed by atoms with Crippen LogP contribution in [-0.2, 0) is 4.74 Å². The van der Waals surface area contributed by atoms with E-state index >= 15 is 0 Å². The van der Waals surface area contributed by atoms with E-state index in [-0.39, 0.29) is 0 Å². The van der Waals surface area contributed by atoms with Crippen LogP contribution in [0.5, 0.6) is 0 Å². The van der Waals surface area contributed by atoms with Gasteiger partial charge in [0.25, 0.3) is 0 Å². The van der Waals surface area contributed by atoms with Crippen molar-refractivity contribution in [2.24, 2.45) is 46.8 Å². The van der Waals surface area contributed by atoms with E-state index in [0.29, 0.717) is 35.2 Å². The molecule has 2 rings (SSSR count). The van der Waals surface area contributed by atoms with Crippen LogP contribution in [0, 0.1) is 46.8 Å². The Balaban J connectivity index is 2.34. The van der Waals surface area contributed by atoms with Crippen molar-refractivity contribution in [3.63, 3.8) is 0 Å². The molecule has 0 N–H and O–H groups in total. The van der Waals surface area contributed by atoms with E-state index in [1.807, 2.05) is 0 Å². The second-order valence-corrected chi connectivity index (χ2v) is 10.3. The monoisotopic (exact) mass is 348 g/mol. The summed E-state index contributed by atoms with van der Waals surface area (Å²) in [6.45, 7) is 24.0. The molecule has 25 heavy (non-hydrogen) atoms. The van der Waals surface area contributed by atoms with E-state index < -0.39 is 0 Å². The van der Waals surface area contributed by atoms with Crippen LogP contribution in [0.25, 0.3) is 0 Å². The SMILES string of the molecule is C=C1OC(C(C)CCC)[C@@H](C)C(C)C(C)CC2(C)C[C@@H]1CC(C)C2C. The molecule has 9 atom stereocenters. The molecule has 0 radical (unpaired) electrons. The van der Waals surface area contributed by atoms with Gasteiger partial charge in [-0.25, -0.2) is 0 Å². The number of hydrogen-bond donors (Lipinski definition) is 0. The van der Waals surface area contributed by atoms with E-state index in [1.165, 1.54) is 32.1 Å². The van der Waals surface area contributed by atoms with Crippen molar-refractivity contribution in [3.05, 3.63) is 12.3 Å². The summed E-state index contributed by atoms with van der Waals surface area (Å²) in [6.07, 6.45) is 6.67. The molecule has 1 heterocycles. The quantitative estimate of drug-likeness (QED) is 0.519. The predicted molar refractivity (Wildman–Crippen MR) is 109 cm³/mol. The zero-order valence-electron chi connectivity index (χ0n) is 18.3. The van der Waals surface area contributed by atoms with Crippen molar-refractivity contribution >= 4 is 0 Å². The molecule has 0 spiro atoms. The van der Waals surface area contributed by atoms with Crippen molar-refractivity contribution in [1.29, 1.82) is 0 Å². The van der Waals surface area contributed by atoms with Crippen LogP contribution in [-0.4, -0.2) is 6.10 Å². The fourth-order valence-corrected chi connectivity index (χ4v) is 6.06. The van der Waals surface area contributed by atoms with Crippen molar-refractivity contribution in [1.82, 2.24) is 0 Å². The van der Waals surface area contributed by atoms with E-state index in [0.717, 1.165) is 23.5 Å². The Morgan fingerprint density at radius 2 is 1.72 bits per heavy atom. The first-order valence-electron chi connectivity index (χ1n) is 11.0. The van der Waals surface area contributed by atoms with E-state index in [2.05, 4.69) is 62.0 Å². The number of hydrogen-bond acceptors (Lipinski definition) is 1. The first-order chi connectivity index (χ1) is 11.6. The fourth-order valence-electron chi connectivity index (χ4n) is 6.06. The minimum absolute atomic E-state index is 0.323. The highest BCUT2D eigenvalue weighted by Gasteiger charge is 2.46. The first-order valence-corrected chi connectivity index (χ1v) is 11.0. The molecular formula is C24H44O. The molecular weight excluding hydrogens is 304 g/mol. The number of rotatable bonds is 3. The van der Waals surface area contributed by atoms with Gasteiger partial charge in [-0.05, 0) is 66.6 Å². The lowest BCUT2D eigenvalue weighted by Gasteiger charge is -2.51. The Morgan fingerprint density at radius 3 is 2.32 bits per heavy atom. The van der Waals surface area contributed by atoms with E-state index in [1.54, 1.807) is 0 Å². The summed E-state index contributed by atoms with van der Waals surface area (Å²) in [5.41, 5.74) is 0.421. The lowest BCUT2D eigenvalue weighted by Crippen LogP contribution is -2.44. The summed E-state index contributed by atoms with van der Waals surface area (Å²) in [4.78, 5) is 0. The van der Waals surface area contributed by atoms with Crippen molar-refractivity contribution in [2.45, 2.75) is 93.6 Å². The summed E-state index contributed by atoms with van der Waals surface area (Å²) >= 11 is 0. The third-order valence-corrected chi connectivity index (χ3v) is 8.40. The van der Waals surface area contributed by atoms with Gasteiger partial charge >= 0.3 is 0 Å². The van der Waals surface area contributed by atoms with Crippen molar-refractivity contribution in [2.75, 3.05) is 0 Å². The van der Waals surface area contributed by atoms with Gasteiger partial charge in [0.1, 0.15) is 6.10 Å². The van der Waals surface area contributed by atoms with Gasteiger partial charge in [0, 0.05) is 5.92 Å². The molecule has 1 aliphatic heterocycles. The first kappa shape index (κ1) is 20.8. The smallest absolute Gasteiger partial charge is 0.104 e. The van der Waals surface area contributed by atoms with Crippen LogP contribution >= 0.6 is 0 Å². The zero-order valence-corrected chi connectivity index (χ0v) is 18.3. The van der Waals surface area contributed by atoms with Crippen LogP contribution < -0.4 is 0 Å². The molecule has 1 saturated carbocycles. The molecule has 7 unspecified atom stereocenters. The minimum Gasteiger partial charge on any atom is -0.495 e. The second-order valence-electron chi connectivity index (χ2n) is 10.3. The molecule has 0 aromatic carbocycles. The summed E-state index contributed by atoms with van der Waals surface area (Å²) in [7, 11) is 0. The molecule has 0 amide bonds. The number of fused-ring (bicyclic) bond motifs is 2. The Hall–Kier alpha value is -0.460. The van der Waals surface area contributed by atoms with E-state index in [9.17, 15) is 0 Å². The molecule has 2 aliphatic rings. The van der Waals surface area contributed by atoms with Crippen LogP contribution in [0.15, 0.2) is 12.3 Å². The topological polar surface area (TPSA) is 9.23 Å². The Labute approximate surface area is 158 Å². The number of allylic oxidation sites excluding steroid dienone is 1. The van der Waals surface area contributed by atoms with Gasteiger partial charge in [-0.15, -0.1) is 0 Å². The minimum atomic E-state index is 0.323. The van der Waals surface area contributed by atoms with Crippen LogP contribution in [0.3, 0.4) is 0 Å². The largest absolute Gasteiger partial charge is 0.495 e. The average molecular weight is 349 g/mol. The molecule has 1 saturated heterocycles. The highest BCUT2D eigenvalue weighted by atomic mass is 16.5. The summed E-state index contributed by atoms with van der Waals surface area (Å²) in [5.74, 6) is 5.81. The summed E-state index contributed by atoms with van der Waals surface area (Å²) in [6, 6.07) is 0. The molecule has 0 aromatic rings. The van der Waals surface area contributed by atoms with Crippen LogP contribution in [0.4, 0.5) is 0 Å². The third kappa shape index (κ3) is 4.28. The lowest BCUT2D eigenvalue weighted by molar-refractivity contribution is -0.0609. The highest BCUT2D eigenvalue weighted by molar-refractivity contribution is 5.04. The molecule has 0 aromatic heterocycles. The number of ether oxygens (including phenoxy) is 1. The summed E-state index contributed by atoms with van der Waals surface area (Å²) < 4.78 is 6.69. The van der Waals surface area contributed by atoms with Gasteiger partial charge in [-0.1, -0.05) is 68.4 Å². The molecule has 1 nitrogen and oxygen atoms in total. The molecule has 1 aliphatic carbocycles. The third-order valence-electron chi connectivity index (χ3n) is 8.40. The molecule has 2 bridgehead atoms. The molecule has 1 heteroatoms. The Morgan fingerprint density at radius 1 is 1.08 bits per heavy atom. The fraction of sp³-hybridized carbons (Fsp3) is 0.917. The van der Waals surface area contributed by atoms with Gasteiger partial charge in [0.15, 0.2) is 0 Å². The maximum Gasteiger partial charge on any atom is 0.104 e. The average Bonchev–Trinajstić information content (AvgIpc) is 2.54. The van der Waals surface area contributed by atoms with Gasteiger partial charge in [-0.3, -0.25) is 0 Å². The van der Waals surface area contributed by atoms with Crippen molar-refractivity contribution in [3.8, 4) is 0 Å². The second kappa shape index (κ2) is 8.05. The normalized spacial score (nSPS) is 47.0. The maximum absolute atomic E-state index is 6.69. The van der Waals surface area contributed by atoms with Crippen LogP contribution in [0.1, 0.15) is 87.5 Å². The van der Waals surface area contributed by atoms with Gasteiger partial charge in [-0.2, -0.15) is 0 Å². The Kier molecular flexibility index (Phi) is 6.71. The van der Waals surface area contributed by atoms with Crippen LogP contribution in [0.2, 0.25) is 0 Å². The standard InChI is InChI=1S/C24H44O/c1-10-11-15(2)23-19(6)18(5)17(4)13-24(9)14-22(21(8)25-23)12-16(3)20(24)7/h15-20,22-23H,8,10-14H2,1-7,9H3/t15?,16?,17?,18?,19-,20?,22-,23?,24?/m0/s1. The maximum atomic E-state index is 6.69. The predicted octanol–water partition coefficient (Wildman–Crippen LogP) is 7.32. The summed E-state index contributed by atoms with van der Waals surface area (Å²) in [5, 5.41) is 0. The highest BCUT2D eigenvalue weighted by Crippen LogP contribution is 2.53. The van der Waals surface area contributed by atoms with Gasteiger partial charge in [0.2, 0.25) is 0 Å². The molecule has 146 valence electrons.